The van der Waals surface area contributed by atoms with Gasteiger partial charge in [0.2, 0.25) is 0 Å². The zero-order valence-corrected chi connectivity index (χ0v) is 13.2. The van der Waals surface area contributed by atoms with Crippen LogP contribution in [-0.2, 0) is 9.53 Å². The molecule has 1 heterocycles. The highest BCUT2D eigenvalue weighted by Gasteiger charge is 2.33. The summed E-state index contributed by atoms with van der Waals surface area (Å²) in [5, 5.41) is 3.74. The summed E-state index contributed by atoms with van der Waals surface area (Å²) < 4.78 is 5.18. The maximum Gasteiger partial charge on any atom is 0.338 e. The molecule has 5 nitrogen and oxygen atoms in total. The lowest BCUT2D eigenvalue weighted by Crippen LogP contribution is -2.46. The van der Waals surface area contributed by atoms with Crippen molar-refractivity contribution in [2.24, 2.45) is 0 Å². The van der Waals surface area contributed by atoms with E-state index in [0.717, 1.165) is 11.3 Å². The highest BCUT2D eigenvalue weighted by atomic mass is 32.1. The third-order valence-corrected chi connectivity index (χ3v) is 3.89. The van der Waals surface area contributed by atoms with Crippen molar-refractivity contribution in [3.8, 4) is 0 Å². The Bertz CT molecular complexity index is 613. The standard InChI is InChI=1S/C15H19N3O2S/c1-4-20-14(19)12-9(2)18(3)15(21)17-13(12)10-6-5-7-11(16)8-10/h5-8,13H,4,16H2,1-3H3,(H,17,21)/t13-/m1/s1. The Morgan fingerprint density at radius 3 is 2.86 bits per heavy atom. The van der Waals surface area contributed by atoms with Gasteiger partial charge in [-0.25, -0.2) is 4.79 Å². The summed E-state index contributed by atoms with van der Waals surface area (Å²) in [7, 11) is 1.82. The quantitative estimate of drug-likeness (QED) is 0.505. The van der Waals surface area contributed by atoms with Crippen LogP contribution in [0.4, 0.5) is 5.69 Å². The van der Waals surface area contributed by atoms with Crippen molar-refractivity contribution in [3.05, 3.63) is 41.1 Å². The number of carbonyl (C=O) groups is 1. The summed E-state index contributed by atoms with van der Waals surface area (Å²) in [6.07, 6.45) is 0. The molecule has 0 saturated carbocycles. The van der Waals surface area contributed by atoms with E-state index in [1.807, 2.05) is 32.2 Å². The van der Waals surface area contributed by atoms with E-state index in [1.54, 1.807) is 17.9 Å². The first-order valence-corrected chi connectivity index (χ1v) is 7.14. The molecule has 2 rings (SSSR count). The average Bonchev–Trinajstić information content (AvgIpc) is 2.44. The van der Waals surface area contributed by atoms with Gasteiger partial charge in [-0.3, -0.25) is 0 Å². The largest absolute Gasteiger partial charge is 0.463 e. The fourth-order valence-corrected chi connectivity index (χ4v) is 2.55. The third kappa shape index (κ3) is 3.00. The number of nitrogen functional groups attached to an aromatic ring is 1. The number of benzene rings is 1. The van der Waals surface area contributed by atoms with Crippen LogP contribution in [-0.4, -0.2) is 29.6 Å². The first kappa shape index (κ1) is 15.3. The molecule has 0 spiro atoms. The van der Waals surface area contributed by atoms with E-state index in [0.29, 0.717) is 23.0 Å². The fraction of sp³-hybridized carbons (Fsp3) is 0.333. The summed E-state index contributed by atoms with van der Waals surface area (Å²) >= 11 is 5.32. The Kier molecular flexibility index (Phi) is 4.47. The Labute approximate surface area is 129 Å². The number of allylic oxidation sites excluding steroid dienone is 1. The van der Waals surface area contributed by atoms with Crippen molar-refractivity contribution in [1.29, 1.82) is 0 Å². The van der Waals surface area contributed by atoms with Gasteiger partial charge in [0.05, 0.1) is 18.2 Å². The monoisotopic (exact) mass is 305 g/mol. The summed E-state index contributed by atoms with van der Waals surface area (Å²) in [5.74, 6) is -0.343. The Hall–Kier alpha value is -2.08. The number of nitrogens with two attached hydrogens (primary N) is 1. The van der Waals surface area contributed by atoms with Gasteiger partial charge in [0.1, 0.15) is 0 Å². The third-order valence-electron chi connectivity index (χ3n) is 3.49. The van der Waals surface area contributed by atoms with Gasteiger partial charge in [0, 0.05) is 18.4 Å². The van der Waals surface area contributed by atoms with Crippen molar-refractivity contribution in [2.75, 3.05) is 19.4 Å². The molecule has 0 unspecified atom stereocenters. The second kappa shape index (κ2) is 6.13. The van der Waals surface area contributed by atoms with Crippen LogP contribution in [0.1, 0.15) is 25.5 Å². The summed E-state index contributed by atoms with van der Waals surface area (Å²) in [6, 6.07) is 7.05. The van der Waals surface area contributed by atoms with Crippen LogP contribution in [0.15, 0.2) is 35.5 Å². The van der Waals surface area contributed by atoms with Gasteiger partial charge in [-0.05, 0) is 43.8 Å². The van der Waals surface area contributed by atoms with E-state index < -0.39 is 0 Å². The Morgan fingerprint density at radius 2 is 2.24 bits per heavy atom. The van der Waals surface area contributed by atoms with E-state index in [2.05, 4.69) is 5.32 Å². The normalized spacial score (nSPS) is 18.5. The lowest BCUT2D eigenvalue weighted by molar-refractivity contribution is -0.139. The smallest absolute Gasteiger partial charge is 0.338 e. The van der Waals surface area contributed by atoms with Crippen LogP contribution in [0.2, 0.25) is 0 Å². The van der Waals surface area contributed by atoms with E-state index in [4.69, 9.17) is 22.7 Å². The van der Waals surface area contributed by atoms with Crippen molar-refractivity contribution in [1.82, 2.24) is 10.2 Å². The molecule has 0 saturated heterocycles. The maximum atomic E-state index is 12.3. The molecule has 0 aliphatic carbocycles. The molecular formula is C15H19N3O2S. The minimum Gasteiger partial charge on any atom is -0.463 e. The number of carbonyl (C=O) groups excluding carboxylic acids is 1. The summed E-state index contributed by atoms with van der Waals surface area (Å²) in [6.45, 7) is 3.97. The molecule has 0 bridgehead atoms. The number of thiocarbonyl (C=S) groups is 1. The molecule has 112 valence electrons. The molecule has 6 heteroatoms. The molecule has 0 amide bonds. The number of hydrogen-bond acceptors (Lipinski definition) is 4. The first-order valence-electron chi connectivity index (χ1n) is 6.73. The lowest BCUT2D eigenvalue weighted by Gasteiger charge is -2.35. The number of anilines is 1. The summed E-state index contributed by atoms with van der Waals surface area (Å²) in [5.41, 5.74) is 8.70. The highest BCUT2D eigenvalue weighted by Crippen LogP contribution is 2.31. The number of rotatable bonds is 3. The van der Waals surface area contributed by atoms with Crippen LogP contribution >= 0.6 is 12.2 Å². The fourth-order valence-electron chi connectivity index (χ4n) is 2.30. The van der Waals surface area contributed by atoms with Crippen LogP contribution < -0.4 is 11.1 Å². The summed E-state index contributed by atoms with van der Waals surface area (Å²) in [4.78, 5) is 14.1. The molecule has 1 aliphatic rings. The molecule has 3 N–H and O–H groups in total. The van der Waals surface area contributed by atoms with Crippen molar-refractivity contribution < 1.29 is 9.53 Å². The average molecular weight is 305 g/mol. The second-order valence-electron chi connectivity index (χ2n) is 4.83. The van der Waals surface area contributed by atoms with E-state index in [1.165, 1.54) is 0 Å². The zero-order valence-electron chi connectivity index (χ0n) is 12.3. The molecule has 1 aromatic rings. The predicted octanol–water partition coefficient (Wildman–Crippen LogP) is 1.97. The molecule has 21 heavy (non-hydrogen) atoms. The SMILES string of the molecule is CCOC(=O)C1=C(C)N(C)C(=S)N[C@@H]1c1cccc(N)c1. The van der Waals surface area contributed by atoms with Gasteiger partial charge < -0.3 is 20.7 Å². The van der Waals surface area contributed by atoms with Gasteiger partial charge in [-0.15, -0.1) is 0 Å². The number of nitrogens with one attached hydrogen (secondary N) is 1. The molecule has 0 radical (unpaired) electrons. The van der Waals surface area contributed by atoms with Gasteiger partial charge in [-0.2, -0.15) is 0 Å². The topological polar surface area (TPSA) is 67.6 Å². The Morgan fingerprint density at radius 1 is 1.52 bits per heavy atom. The van der Waals surface area contributed by atoms with Gasteiger partial charge in [-0.1, -0.05) is 12.1 Å². The molecular weight excluding hydrogens is 286 g/mol. The van der Waals surface area contributed by atoms with E-state index in [9.17, 15) is 4.79 Å². The van der Waals surface area contributed by atoms with Crippen LogP contribution in [0, 0.1) is 0 Å². The van der Waals surface area contributed by atoms with E-state index in [-0.39, 0.29) is 12.0 Å². The maximum absolute atomic E-state index is 12.3. The number of nitrogens with zero attached hydrogens (tertiary/aromatic N) is 1. The molecule has 1 atom stereocenters. The van der Waals surface area contributed by atoms with E-state index >= 15 is 0 Å². The zero-order chi connectivity index (χ0) is 15.6. The minimum absolute atomic E-state index is 0.327. The lowest BCUT2D eigenvalue weighted by atomic mass is 9.95. The Balaban J connectivity index is 2.51. The molecule has 1 aromatic carbocycles. The van der Waals surface area contributed by atoms with Crippen LogP contribution in [0.5, 0.6) is 0 Å². The molecule has 0 aromatic heterocycles. The van der Waals surface area contributed by atoms with Crippen molar-refractivity contribution >= 4 is 29.0 Å². The van der Waals surface area contributed by atoms with Crippen molar-refractivity contribution in [2.45, 2.75) is 19.9 Å². The second-order valence-corrected chi connectivity index (χ2v) is 5.22. The number of esters is 1. The minimum atomic E-state index is -0.351. The van der Waals surface area contributed by atoms with Gasteiger partial charge >= 0.3 is 5.97 Å². The van der Waals surface area contributed by atoms with Gasteiger partial charge in [0.15, 0.2) is 5.11 Å². The van der Waals surface area contributed by atoms with Crippen LogP contribution in [0.3, 0.4) is 0 Å². The number of hydrogen-bond donors (Lipinski definition) is 2. The number of ether oxygens (including phenoxy) is 1. The van der Waals surface area contributed by atoms with Crippen molar-refractivity contribution in [3.63, 3.8) is 0 Å². The predicted molar refractivity (Wildman–Crippen MR) is 86.4 cm³/mol. The highest BCUT2D eigenvalue weighted by molar-refractivity contribution is 7.80. The first-order chi connectivity index (χ1) is 9.95. The molecule has 1 aliphatic heterocycles. The van der Waals surface area contributed by atoms with Gasteiger partial charge in [0.25, 0.3) is 0 Å². The molecule has 0 fully saturated rings. The van der Waals surface area contributed by atoms with Crippen LogP contribution in [0.25, 0.3) is 0 Å².